The molecule has 0 aliphatic carbocycles. The van der Waals surface area contributed by atoms with E-state index in [2.05, 4.69) is 11.6 Å². The highest BCUT2D eigenvalue weighted by Crippen LogP contribution is 2.16. The molecule has 1 fully saturated rings. The Kier molecular flexibility index (Phi) is 3.31. The molecule has 0 unspecified atom stereocenters. The van der Waals surface area contributed by atoms with E-state index in [1.165, 1.54) is 6.08 Å². The molecular formula is C9H10N2O3. The number of imide groups is 1. The van der Waals surface area contributed by atoms with Crippen LogP contribution < -0.4 is 0 Å². The second kappa shape index (κ2) is 4.48. The van der Waals surface area contributed by atoms with Crippen molar-refractivity contribution in [2.75, 3.05) is 13.1 Å². The maximum Gasteiger partial charge on any atom is 0.256 e. The number of likely N-dealkylation sites (tertiary alicyclic amines) is 1. The number of hydrogen-bond acceptors (Lipinski definition) is 4. The van der Waals surface area contributed by atoms with E-state index in [1.54, 1.807) is 0 Å². The zero-order valence-electron chi connectivity index (χ0n) is 7.65. The smallest absolute Gasteiger partial charge is 0.256 e. The Balaban J connectivity index is 2.44. The first kappa shape index (κ1) is 10.3. The second-order valence-corrected chi connectivity index (χ2v) is 2.96. The minimum Gasteiger partial charge on any atom is -0.278 e. The maximum absolute atomic E-state index is 11.3. The lowest BCUT2D eigenvalue weighted by Crippen LogP contribution is -2.30. The van der Waals surface area contributed by atoms with Crippen molar-refractivity contribution in [2.24, 2.45) is 4.99 Å². The van der Waals surface area contributed by atoms with Crippen LogP contribution in [0, 0.1) is 0 Å². The Bertz CT molecular complexity index is 329. The van der Waals surface area contributed by atoms with Gasteiger partial charge in [0.2, 0.25) is 12.0 Å². The third-order valence-electron chi connectivity index (χ3n) is 1.93. The van der Waals surface area contributed by atoms with Crippen LogP contribution >= 0.6 is 0 Å². The summed E-state index contributed by atoms with van der Waals surface area (Å²) in [5, 5.41) is 0. The van der Waals surface area contributed by atoms with E-state index in [-0.39, 0.29) is 24.8 Å². The first-order valence-corrected chi connectivity index (χ1v) is 4.23. The zero-order valence-corrected chi connectivity index (χ0v) is 7.65. The van der Waals surface area contributed by atoms with Gasteiger partial charge in [0, 0.05) is 12.1 Å². The lowest BCUT2D eigenvalue weighted by atomic mass is 10.3. The summed E-state index contributed by atoms with van der Waals surface area (Å²) in [4.78, 5) is 36.7. The minimum atomic E-state index is -0.315. The zero-order chi connectivity index (χ0) is 10.6. The Morgan fingerprint density at radius 1 is 1.50 bits per heavy atom. The molecule has 2 amide bonds. The van der Waals surface area contributed by atoms with Crippen molar-refractivity contribution < 1.29 is 14.4 Å². The highest BCUT2D eigenvalue weighted by atomic mass is 16.2. The molecule has 14 heavy (non-hydrogen) atoms. The van der Waals surface area contributed by atoms with Crippen LogP contribution in [0.5, 0.6) is 0 Å². The van der Waals surface area contributed by atoms with Gasteiger partial charge in [-0.05, 0) is 6.42 Å². The molecule has 0 aromatic carbocycles. The minimum absolute atomic E-state index is 0.107. The molecule has 1 saturated heterocycles. The van der Waals surface area contributed by atoms with Crippen molar-refractivity contribution in [1.82, 2.24) is 4.90 Å². The summed E-state index contributed by atoms with van der Waals surface area (Å²) < 4.78 is 0. The number of aliphatic imine (C=N–C) groups is 1. The van der Waals surface area contributed by atoms with Gasteiger partial charge in [0.1, 0.15) is 0 Å². The van der Waals surface area contributed by atoms with Gasteiger partial charge in [-0.2, -0.15) is 0 Å². The molecule has 0 aromatic heterocycles. The summed E-state index contributed by atoms with van der Waals surface area (Å²) in [5.74, 6) is -0.542. The standard InChI is InChI=1S/C9H10N2O3/c1-7-5-8(13)11(9(7)14)4-2-3-10-6-12/h1-5H2. The van der Waals surface area contributed by atoms with Crippen molar-refractivity contribution in [3.63, 3.8) is 0 Å². The van der Waals surface area contributed by atoms with Crippen LogP contribution in [0.15, 0.2) is 17.1 Å². The lowest BCUT2D eigenvalue weighted by Gasteiger charge is -2.11. The highest BCUT2D eigenvalue weighted by Gasteiger charge is 2.31. The van der Waals surface area contributed by atoms with Gasteiger partial charge in [0.25, 0.3) is 5.91 Å². The number of hydrogen-bond donors (Lipinski definition) is 0. The van der Waals surface area contributed by atoms with E-state index in [9.17, 15) is 14.4 Å². The number of carbonyl (C=O) groups is 2. The first-order chi connectivity index (χ1) is 6.66. The highest BCUT2D eigenvalue weighted by molar-refractivity contribution is 6.12. The van der Waals surface area contributed by atoms with Gasteiger partial charge in [0.05, 0.1) is 13.0 Å². The predicted molar refractivity (Wildman–Crippen MR) is 48.1 cm³/mol. The van der Waals surface area contributed by atoms with E-state index < -0.39 is 0 Å². The third-order valence-corrected chi connectivity index (χ3v) is 1.93. The molecule has 0 spiro atoms. The fraction of sp³-hybridized carbons (Fsp3) is 0.444. The Morgan fingerprint density at radius 2 is 2.21 bits per heavy atom. The maximum atomic E-state index is 11.3. The quantitative estimate of drug-likeness (QED) is 0.208. The largest absolute Gasteiger partial charge is 0.278 e. The van der Waals surface area contributed by atoms with E-state index >= 15 is 0 Å². The monoisotopic (exact) mass is 194 g/mol. The average Bonchev–Trinajstić information content (AvgIpc) is 2.38. The van der Waals surface area contributed by atoms with Gasteiger partial charge in [0.15, 0.2) is 0 Å². The normalized spacial score (nSPS) is 16.0. The van der Waals surface area contributed by atoms with Crippen LogP contribution in [0.1, 0.15) is 12.8 Å². The Hall–Kier alpha value is -1.74. The Labute approximate surface area is 81.1 Å². The Morgan fingerprint density at radius 3 is 2.71 bits per heavy atom. The number of amides is 2. The van der Waals surface area contributed by atoms with Crippen molar-refractivity contribution in [3.05, 3.63) is 12.2 Å². The summed E-state index contributed by atoms with van der Waals surface area (Å²) in [6.45, 7) is 4.06. The van der Waals surface area contributed by atoms with Crippen molar-refractivity contribution in [1.29, 1.82) is 0 Å². The number of carbonyl (C=O) groups excluding carboxylic acids is 3. The van der Waals surface area contributed by atoms with Crippen LogP contribution in [0.25, 0.3) is 0 Å². The molecule has 0 atom stereocenters. The summed E-state index contributed by atoms with van der Waals surface area (Å²) in [7, 11) is 0. The van der Waals surface area contributed by atoms with E-state index in [4.69, 9.17) is 0 Å². The van der Waals surface area contributed by atoms with Crippen molar-refractivity contribution >= 4 is 17.9 Å². The van der Waals surface area contributed by atoms with Crippen LogP contribution in [0.3, 0.4) is 0 Å². The number of isocyanates is 1. The van der Waals surface area contributed by atoms with Gasteiger partial charge in [-0.25, -0.2) is 9.79 Å². The summed E-state index contributed by atoms with van der Waals surface area (Å²) >= 11 is 0. The molecule has 1 rings (SSSR count). The van der Waals surface area contributed by atoms with E-state index in [1.807, 2.05) is 0 Å². The first-order valence-electron chi connectivity index (χ1n) is 4.23. The van der Waals surface area contributed by atoms with Crippen molar-refractivity contribution in [3.8, 4) is 0 Å². The molecule has 5 nitrogen and oxygen atoms in total. The molecular weight excluding hydrogens is 184 g/mol. The van der Waals surface area contributed by atoms with Crippen LogP contribution in [0.2, 0.25) is 0 Å². The predicted octanol–water partition coefficient (Wildman–Crippen LogP) is 0.0274. The van der Waals surface area contributed by atoms with E-state index in [0.717, 1.165) is 4.90 Å². The average molecular weight is 194 g/mol. The van der Waals surface area contributed by atoms with Gasteiger partial charge in [-0.15, -0.1) is 0 Å². The summed E-state index contributed by atoms with van der Waals surface area (Å²) in [6.07, 6.45) is 1.99. The molecule has 1 heterocycles. The molecule has 0 bridgehead atoms. The topological polar surface area (TPSA) is 66.8 Å². The number of nitrogens with zero attached hydrogens (tertiary/aromatic N) is 2. The fourth-order valence-electron chi connectivity index (χ4n) is 1.24. The van der Waals surface area contributed by atoms with Gasteiger partial charge >= 0.3 is 0 Å². The van der Waals surface area contributed by atoms with Gasteiger partial charge < -0.3 is 0 Å². The SMILES string of the molecule is C=C1CC(=O)N(CCCN=C=O)C1=O. The summed E-state index contributed by atoms with van der Waals surface area (Å²) in [5.41, 5.74) is 0.328. The van der Waals surface area contributed by atoms with Crippen molar-refractivity contribution in [2.45, 2.75) is 12.8 Å². The van der Waals surface area contributed by atoms with E-state index in [0.29, 0.717) is 18.5 Å². The molecule has 0 N–H and O–H groups in total. The van der Waals surface area contributed by atoms with Crippen LogP contribution in [-0.4, -0.2) is 35.9 Å². The van der Waals surface area contributed by atoms with Gasteiger partial charge in [-0.1, -0.05) is 6.58 Å². The summed E-state index contributed by atoms with van der Waals surface area (Å²) in [6, 6.07) is 0. The molecule has 0 saturated carbocycles. The van der Waals surface area contributed by atoms with Gasteiger partial charge in [-0.3, -0.25) is 14.5 Å². The third kappa shape index (κ3) is 2.14. The molecule has 1 aliphatic rings. The molecule has 74 valence electrons. The van der Waals surface area contributed by atoms with Crippen LogP contribution in [-0.2, 0) is 14.4 Å². The fourth-order valence-corrected chi connectivity index (χ4v) is 1.24. The molecule has 0 aromatic rings. The molecule has 0 radical (unpaired) electrons. The second-order valence-electron chi connectivity index (χ2n) is 2.96. The van der Waals surface area contributed by atoms with Crippen LogP contribution in [0.4, 0.5) is 0 Å². The molecule has 1 aliphatic heterocycles. The molecule has 5 heteroatoms. The number of rotatable bonds is 4. The lowest BCUT2D eigenvalue weighted by molar-refractivity contribution is -0.137.